The van der Waals surface area contributed by atoms with Gasteiger partial charge in [-0.15, -0.1) is 16.7 Å². The summed E-state index contributed by atoms with van der Waals surface area (Å²) in [4.78, 5) is 21.8. The predicted molar refractivity (Wildman–Crippen MR) is 88.5 cm³/mol. The number of ketones is 1. The molecule has 0 fully saturated rings. The fraction of sp³-hybridized carbons (Fsp3) is 0.0625. The van der Waals surface area contributed by atoms with Crippen LogP contribution in [0.25, 0.3) is 16.9 Å². The average Bonchev–Trinajstić information content (AvgIpc) is 3.11. The van der Waals surface area contributed by atoms with E-state index in [-0.39, 0.29) is 17.4 Å². The Morgan fingerprint density at radius 3 is 2.38 bits per heavy atom. The van der Waals surface area contributed by atoms with Gasteiger partial charge in [-0.05, 0) is 36.4 Å². The fourth-order valence-electron chi connectivity index (χ4n) is 2.24. The van der Waals surface area contributed by atoms with E-state index in [1.54, 1.807) is 47.3 Å². The topological polar surface area (TPSA) is 90.9 Å². The molecule has 7 nitrogen and oxygen atoms in total. The number of hydrogen-bond acceptors (Lipinski definition) is 5. The second-order valence-corrected chi connectivity index (χ2v) is 5.21. The Morgan fingerprint density at radius 2 is 1.79 bits per heavy atom. The summed E-state index contributed by atoms with van der Waals surface area (Å²) >= 11 is 5.54. The van der Waals surface area contributed by atoms with Crippen molar-refractivity contribution < 1.29 is 9.72 Å². The number of aromatic nitrogens is 3. The summed E-state index contributed by atoms with van der Waals surface area (Å²) in [6, 6.07) is 12.9. The van der Waals surface area contributed by atoms with Crippen LogP contribution in [0.2, 0.25) is 0 Å². The third-order valence-electron chi connectivity index (χ3n) is 3.48. The van der Waals surface area contributed by atoms with Gasteiger partial charge in [-0.1, -0.05) is 5.21 Å². The van der Waals surface area contributed by atoms with E-state index in [4.69, 9.17) is 11.6 Å². The Kier molecular flexibility index (Phi) is 4.35. The van der Waals surface area contributed by atoms with Gasteiger partial charge in [-0.25, -0.2) is 4.68 Å². The Bertz CT molecular complexity index is 888. The molecule has 0 unspecified atom stereocenters. The zero-order valence-corrected chi connectivity index (χ0v) is 13.1. The normalized spacial score (nSPS) is 10.5. The first-order valence-corrected chi connectivity index (χ1v) is 7.49. The van der Waals surface area contributed by atoms with Crippen molar-refractivity contribution in [3.8, 4) is 16.9 Å². The predicted octanol–water partition coefficient (Wildman–Crippen LogP) is 3.26. The van der Waals surface area contributed by atoms with Crippen molar-refractivity contribution >= 4 is 23.1 Å². The number of nitrogens with zero attached hydrogens (tertiary/aromatic N) is 4. The second-order valence-electron chi connectivity index (χ2n) is 4.94. The molecule has 120 valence electrons. The molecule has 0 bridgehead atoms. The van der Waals surface area contributed by atoms with Crippen LogP contribution in [0.5, 0.6) is 0 Å². The number of nitro benzene ring substituents is 1. The van der Waals surface area contributed by atoms with Crippen LogP contribution >= 0.6 is 11.6 Å². The molecule has 0 N–H and O–H groups in total. The third-order valence-corrected chi connectivity index (χ3v) is 3.72. The van der Waals surface area contributed by atoms with Gasteiger partial charge in [0.05, 0.1) is 28.4 Å². The lowest BCUT2D eigenvalue weighted by Gasteiger charge is -2.07. The van der Waals surface area contributed by atoms with Crippen molar-refractivity contribution in [2.24, 2.45) is 0 Å². The minimum absolute atomic E-state index is 0.0155. The molecule has 0 atom stereocenters. The molecular weight excluding hydrogens is 332 g/mol. The van der Waals surface area contributed by atoms with Crippen molar-refractivity contribution in [1.29, 1.82) is 0 Å². The van der Waals surface area contributed by atoms with Gasteiger partial charge in [0.25, 0.3) is 5.69 Å². The van der Waals surface area contributed by atoms with Crippen LogP contribution < -0.4 is 0 Å². The van der Waals surface area contributed by atoms with E-state index in [1.165, 1.54) is 12.1 Å². The lowest BCUT2D eigenvalue weighted by Crippen LogP contribution is -2.03. The molecule has 8 heteroatoms. The van der Waals surface area contributed by atoms with Crippen molar-refractivity contribution in [2.45, 2.75) is 0 Å². The standard InChI is InChI=1S/C16H11ClN4O3/c17-9-16(22)12-3-5-13(6-4-12)20-15(10-18-19-20)11-1-7-14(8-2-11)21(23)24/h1-8,10H,9H2. The van der Waals surface area contributed by atoms with Gasteiger partial charge in [0.2, 0.25) is 0 Å². The molecule has 3 aromatic rings. The zero-order valence-electron chi connectivity index (χ0n) is 12.3. The molecule has 1 heterocycles. The monoisotopic (exact) mass is 342 g/mol. The number of non-ortho nitro benzene ring substituents is 1. The van der Waals surface area contributed by atoms with E-state index in [2.05, 4.69) is 10.3 Å². The van der Waals surface area contributed by atoms with E-state index >= 15 is 0 Å². The van der Waals surface area contributed by atoms with Gasteiger partial charge in [-0.2, -0.15) is 0 Å². The highest BCUT2D eigenvalue weighted by atomic mass is 35.5. The Balaban J connectivity index is 1.95. The molecular formula is C16H11ClN4O3. The molecule has 0 amide bonds. The number of carbonyl (C=O) groups is 1. The Labute approximate surface area is 141 Å². The van der Waals surface area contributed by atoms with Crippen LogP contribution in [-0.2, 0) is 0 Å². The van der Waals surface area contributed by atoms with Gasteiger partial charge in [0, 0.05) is 23.3 Å². The average molecular weight is 343 g/mol. The SMILES string of the molecule is O=C(CCl)c1ccc(-n2nncc2-c2ccc([N+](=O)[O-])cc2)cc1. The highest BCUT2D eigenvalue weighted by molar-refractivity contribution is 6.30. The fourth-order valence-corrected chi connectivity index (χ4v) is 2.40. The zero-order chi connectivity index (χ0) is 17.1. The Hall–Kier alpha value is -3.06. The van der Waals surface area contributed by atoms with Crippen LogP contribution in [0.3, 0.4) is 0 Å². The summed E-state index contributed by atoms with van der Waals surface area (Å²) in [6.07, 6.45) is 1.57. The van der Waals surface area contributed by atoms with Crippen LogP contribution in [0, 0.1) is 10.1 Å². The van der Waals surface area contributed by atoms with E-state index in [0.717, 1.165) is 5.56 Å². The summed E-state index contributed by atoms with van der Waals surface area (Å²) in [5.41, 5.74) is 2.67. The van der Waals surface area contributed by atoms with E-state index in [9.17, 15) is 14.9 Å². The number of carbonyl (C=O) groups excluding carboxylic acids is 1. The minimum Gasteiger partial charge on any atom is -0.293 e. The number of nitro groups is 1. The molecule has 1 aromatic heterocycles. The number of alkyl halides is 1. The maximum absolute atomic E-state index is 11.6. The largest absolute Gasteiger partial charge is 0.293 e. The quantitative estimate of drug-likeness (QED) is 0.307. The molecule has 2 aromatic carbocycles. The molecule has 24 heavy (non-hydrogen) atoms. The van der Waals surface area contributed by atoms with Crippen LogP contribution in [0.4, 0.5) is 5.69 Å². The van der Waals surface area contributed by atoms with Gasteiger partial charge < -0.3 is 0 Å². The van der Waals surface area contributed by atoms with E-state index in [1.807, 2.05) is 0 Å². The molecule has 0 aliphatic rings. The maximum Gasteiger partial charge on any atom is 0.269 e. The van der Waals surface area contributed by atoms with Gasteiger partial charge in [0.15, 0.2) is 5.78 Å². The summed E-state index contributed by atoms with van der Waals surface area (Å²) in [5, 5.41) is 18.7. The van der Waals surface area contributed by atoms with Gasteiger partial charge in [-0.3, -0.25) is 14.9 Å². The van der Waals surface area contributed by atoms with Crippen molar-refractivity contribution in [2.75, 3.05) is 5.88 Å². The van der Waals surface area contributed by atoms with Crippen molar-refractivity contribution in [3.05, 3.63) is 70.4 Å². The highest BCUT2D eigenvalue weighted by Gasteiger charge is 2.12. The lowest BCUT2D eigenvalue weighted by molar-refractivity contribution is -0.384. The summed E-state index contributed by atoms with van der Waals surface area (Å²) in [6.45, 7) is 0. The lowest BCUT2D eigenvalue weighted by atomic mass is 10.1. The first-order valence-electron chi connectivity index (χ1n) is 6.95. The van der Waals surface area contributed by atoms with Crippen LogP contribution in [0.1, 0.15) is 10.4 Å². The Morgan fingerprint density at radius 1 is 1.12 bits per heavy atom. The molecule has 0 aliphatic heterocycles. The number of rotatable bonds is 5. The van der Waals surface area contributed by atoms with Crippen LogP contribution in [0.15, 0.2) is 54.7 Å². The van der Waals surface area contributed by atoms with Crippen molar-refractivity contribution in [1.82, 2.24) is 15.0 Å². The van der Waals surface area contributed by atoms with E-state index in [0.29, 0.717) is 16.9 Å². The number of Topliss-reactive ketones (excluding diaryl/α,β-unsaturated/α-hetero) is 1. The molecule has 0 saturated heterocycles. The van der Waals surface area contributed by atoms with Crippen molar-refractivity contribution in [3.63, 3.8) is 0 Å². The second kappa shape index (κ2) is 6.59. The first kappa shape index (κ1) is 15.8. The van der Waals surface area contributed by atoms with E-state index < -0.39 is 4.92 Å². The molecule has 0 spiro atoms. The number of hydrogen-bond donors (Lipinski definition) is 0. The smallest absolute Gasteiger partial charge is 0.269 e. The molecule has 0 saturated carbocycles. The maximum atomic E-state index is 11.6. The minimum atomic E-state index is -0.452. The first-order chi connectivity index (χ1) is 11.6. The third kappa shape index (κ3) is 3.02. The summed E-state index contributed by atoms with van der Waals surface area (Å²) < 4.78 is 1.59. The number of benzene rings is 2. The van der Waals surface area contributed by atoms with Crippen LogP contribution in [-0.4, -0.2) is 31.6 Å². The highest BCUT2D eigenvalue weighted by Crippen LogP contribution is 2.24. The molecule has 0 aliphatic carbocycles. The molecule has 0 radical (unpaired) electrons. The molecule has 3 rings (SSSR count). The van der Waals surface area contributed by atoms with Gasteiger partial charge in [0.1, 0.15) is 0 Å². The summed E-state index contributed by atoms with van der Waals surface area (Å²) in [7, 11) is 0. The number of halogens is 1. The summed E-state index contributed by atoms with van der Waals surface area (Å²) in [5.74, 6) is -0.228. The van der Waals surface area contributed by atoms with Gasteiger partial charge >= 0.3 is 0 Å².